The van der Waals surface area contributed by atoms with Gasteiger partial charge < -0.3 is 30.5 Å². The molecule has 0 bridgehead atoms. The second-order valence-electron chi connectivity index (χ2n) is 11.3. The highest BCUT2D eigenvalue weighted by Gasteiger charge is 2.38. The number of hydrogen-bond acceptors (Lipinski definition) is 7. The van der Waals surface area contributed by atoms with Crippen LogP contribution in [-0.2, 0) is 27.3 Å². The van der Waals surface area contributed by atoms with E-state index in [9.17, 15) is 18.0 Å². The van der Waals surface area contributed by atoms with Gasteiger partial charge in [-0.15, -0.1) is 0 Å². The average Bonchev–Trinajstić information content (AvgIpc) is 3.05. The molecule has 3 rings (SSSR count). The summed E-state index contributed by atoms with van der Waals surface area (Å²) < 4.78 is 43.1. The number of nitrogens with two attached hydrogens (primary N) is 1. The molecule has 0 unspecified atom stereocenters. The number of halogens is 3. The first kappa shape index (κ1) is 39.5. The predicted octanol–water partition coefficient (Wildman–Crippen LogP) is 5.14. The number of aliphatic imine (C=N–C) groups is 1. The number of rotatable bonds is 17. The predicted molar refractivity (Wildman–Crippen MR) is 177 cm³/mol. The van der Waals surface area contributed by atoms with E-state index in [1.807, 2.05) is 6.07 Å². The van der Waals surface area contributed by atoms with E-state index in [0.717, 1.165) is 61.3 Å². The Morgan fingerprint density at radius 1 is 1.02 bits per heavy atom. The standard InChI is InChI=1S/C32H49N5O3.C2HF3O2/c1-3-4-17-35-32(33)36-31(38)16-12-26-11-15-29(30(24-26)40-23-8-22-39-2)28-13-9-27(10-14-28)25-34-18-21-37-19-6-5-7-20-37;3-2(4,5)1(6)7/h9-11,13-15,24,34H,3-8,12,16-23,25H2,1-2H3,(H3,33,35,36,38);(H,6,7). The maximum Gasteiger partial charge on any atom is 0.490 e. The quantitative estimate of drug-likeness (QED) is 0.104. The smallest absolute Gasteiger partial charge is 0.490 e. The molecule has 47 heavy (non-hydrogen) atoms. The number of hydrogen-bond donors (Lipinski definition) is 4. The lowest BCUT2D eigenvalue weighted by Gasteiger charge is -2.26. The van der Waals surface area contributed by atoms with E-state index >= 15 is 0 Å². The van der Waals surface area contributed by atoms with Gasteiger partial charge in [0.15, 0.2) is 5.96 Å². The number of carbonyl (C=O) groups is 2. The van der Waals surface area contributed by atoms with Gasteiger partial charge in [0.05, 0.1) is 6.61 Å². The molecule has 262 valence electrons. The molecule has 1 amide bonds. The molecule has 1 fully saturated rings. The third-order valence-electron chi connectivity index (χ3n) is 7.39. The van der Waals surface area contributed by atoms with Gasteiger partial charge in [0.2, 0.25) is 5.91 Å². The number of alkyl halides is 3. The Bertz CT molecular complexity index is 1240. The van der Waals surface area contributed by atoms with Crippen molar-refractivity contribution in [2.75, 3.05) is 53.0 Å². The topological polar surface area (TPSA) is 139 Å². The van der Waals surface area contributed by atoms with E-state index in [4.69, 9.17) is 25.1 Å². The van der Waals surface area contributed by atoms with Crippen molar-refractivity contribution in [3.05, 3.63) is 53.6 Å². The fourth-order valence-corrected chi connectivity index (χ4v) is 4.78. The van der Waals surface area contributed by atoms with Crippen LogP contribution in [0.5, 0.6) is 5.75 Å². The van der Waals surface area contributed by atoms with E-state index in [-0.39, 0.29) is 11.9 Å². The Morgan fingerprint density at radius 2 is 1.70 bits per heavy atom. The van der Waals surface area contributed by atoms with Crippen molar-refractivity contribution in [3.8, 4) is 16.9 Å². The van der Waals surface area contributed by atoms with Crippen LogP contribution >= 0.6 is 0 Å². The molecule has 2 aromatic carbocycles. The van der Waals surface area contributed by atoms with Crippen LogP contribution in [-0.4, -0.2) is 87.1 Å². The Kier molecular flexibility index (Phi) is 18.5. The molecule has 0 radical (unpaired) electrons. The Balaban J connectivity index is 0.000000984. The molecule has 13 heteroatoms. The molecule has 2 aromatic rings. The van der Waals surface area contributed by atoms with Crippen LogP contribution in [0.25, 0.3) is 11.1 Å². The lowest BCUT2D eigenvalue weighted by molar-refractivity contribution is -0.192. The van der Waals surface area contributed by atoms with Gasteiger partial charge in [-0.3, -0.25) is 15.1 Å². The summed E-state index contributed by atoms with van der Waals surface area (Å²) in [5.74, 6) is -1.88. The number of guanidine groups is 1. The number of piperidine rings is 1. The van der Waals surface area contributed by atoms with Crippen LogP contribution in [0.4, 0.5) is 13.2 Å². The van der Waals surface area contributed by atoms with Gasteiger partial charge in [0.25, 0.3) is 0 Å². The lowest BCUT2D eigenvalue weighted by atomic mass is 9.99. The monoisotopic (exact) mass is 665 g/mol. The zero-order valence-electron chi connectivity index (χ0n) is 27.5. The van der Waals surface area contributed by atoms with Crippen LogP contribution in [0, 0.1) is 0 Å². The second kappa shape index (κ2) is 22.0. The van der Waals surface area contributed by atoms with E-state index < -0.39 is 12.1 Å². The van der Waals surface area contributed by atoms with E-state index in [0.29, 0.717) is 32.6 Å². The van der Waals surface area contributed by atoms with Crippen molar-refractivity contribution in [2.24, 2.45) is 10.7 Å². The normalized spacial score (nSPS) is 13.9. The van der Waals surface area contributed by atoms with Crippen molar-refractivity contribution in [3.63, 3.8) is 0 Å². The van der Waals surface area contributed by atoms with E-state index in [1.54, 1.807) is 7.11 Å². The van der Waals surface area contributed by atoms with Crippen molar-refractivity contribution < 1.29 is 37.3 Å². The maximum atomic E-state index is 12.4. The lowest BCUT2D eigenvalue weighted by Crippen LogP contribution is -2.37. The number of nitrogens with zero attached hydrogens (tertiary/aromatic N) is 2. The number of carbonyl (C=O) groups excluding carboxylic acids is 1. The third-order valence-corrected chi connectivity index (χ3v) is 7.39. The van der Waals surface area contributed by atoms with Gasteiger partial charge in [-0.1, -0.05) is 56.2 Å². The molecule has 1 aliphatic heterocycles. The first-order valence-electron chi connectivity index (χ1n) is 16.2. The fourth-order valence-electron chi connectivity index (χ4n) is 4.78. The summed E-state index contributed by atoms with van der Waals surface area (Å²) in [5.41, 5.74) is 10.3. The summed E-state index contributed by atoms with van der Waals surface area (Å²) in [5, 5.41) is 13.4. The molecule has 1 aliphatic rings. The molecule has 0 atom stereocenters. The van der Waals surface area contributed by atoms with Gasteiger partial charge in [-0.05, 0) is 61.5 Å². The number of nitrogens with one attached hydrogen (secondary N) is 2. The van der Waals surface area contributed by atoms with Gasteiger partial charge >= 0.3 is 12.1 Å². The summed E-state index contributed by atoms with van der Waals surface area (Å²) in [6.45, 7) is 9.41. The van der Waals surface area contributed by atoms with Gasteiger partial charge in [-0.2, -0.15) is 13.2 Å². The van der Waals surface area contributed by atoms with Gasteiger partial charge in [0, 0.05) is 58.3 Å². The molecule has 0 aromatic heterocycles. The van der Waals surface area contributed by atoms with Crippen molar-refractivity contribution in [1.82, 2.24) is 15.5 Å². The van der Waals surface area contributed by atoms with Crippen LogP contribution in [0.3, 0.4) is 0 Å². The number of carboxylic acid groups (broad SMARTS) is 1. The fraction of sp³-hybridized carbons (Fsp3) is 0.559. The molecule has 0 saturated carbocycles. The Hall–Kier alpha value is -3.68. The maximum absolute atomic E-state index is 12.4. The molecule has 5 N–H and O–H groups in total. The number of likely N-dealkylation sites (tertiary alicyclic amines) is 1. The van der Waals surface area contributed by atoms with Crippen molar-refractivity contribution in [1.29, 1.82) is 0 Å². The summed E-state index contributed by atoms with van der Waals surface area (Å²) in [7, 11) is 1.70. The molecule has 10 nitrogen and oxygen atoms in total. The summed E-state index contributed by atoms with van der Waals surface area (Å²) in [6, 6.07) is 14.9. The number of benzene rings is 2. The van der Waals surface area contributed by atoms with Gasteiger partial charge in [-0.25, -0.2) is 4.79 Å². The minimum absolute atomic E-state index is 0.135. The van der Waals surface area contributed by atoms with Crippen LogP contribution in [0.1, 0.15) is 63.0 Å². The second-order valence-corrected chi connectivity index (χ2v) is 11.3. The number of amides is 1. The Labute approximate surface area is 275 Å². The zero-order valence-corrected chi connectivity index (χ0v) is 27.5. The number of aliphatic carboxylic acids is 1. The van der Waals surface area contributed by atoms with Crippen molar-refractivity contribution >= 4 is 17.8 Å². The summed E-state index contributed by atoms with van der Waals surface area (Å²) >= 11 is 0. The van der Waals surface area contributed by atoms with Crippen LogP contribution in [0.2, 0.25) is 0 Å². The molecular formula is C34H50F3N5O5. The van der Waals surface area contributed by atoms with Crippen LogP contribution in [0.15, 0.2) is 47.5 Å². The third kappa shape index (κ3) is 16.6. The molecule has 0 spiro atoms. The number of aryl methyl sites for hydroxylation is 1. The highest BCUT2D eigenvalue weighted by molar-refractivity contribution is 5.96. The molecule has 0 aliphatic carbocycles. The van der Waals surface area contributed by atoms with Crippen LogP contribution < -0.4 is 21.1 Å². The minimum atomic E-state index is -5.08. The first-order valence-corrected chi connectivity index (χ1v) is 16.2. The van der Waals surface area contributed by atoms with Gasteiger partial charge in [0.1, 0.15) is 5.75 Å². The minimum Gasteiger partial charge on any atom is -0.493 e. The summed E-state index contributed by atoms with van der Waals surface area (Å²) in [6.07, 6.45) is 2.67. The van der Waals surface area contributed by atoms with E-state index in [2.05, 4.69) is 63.8 Å². The number of methoxy groups -OCH3 is 1. The number of ether oxygens (including phenoxy) is 2. The van der Waals surface area contributed by atoms with E-state index in [1.165, 1.54) is 37.9 Å². The SMILES string of the molecule is CCCCN=C(N)NC(=O)CCc1ccc(-c2ccc(CNCCN3CCCCC3)cc2)c(OCCCOC)c1.O=C(O)C(F)(F)F. The first-order chi connectivity index (χ1) is 22.5. The zero-order chi connectivity index (χ0) is 34.5. The highest BCUT2D eigenvalue weighted by atomic mass is 19.4. The summed E-state index contributed by atoms with van der Waals surface area (Å²) in [4.78, 5) is 28.0. The van der Waals surface area contributed by atoms with Crippen molar-refractivity contribution in [2.45, 2.75) is 71.0 Å². The molecular weight excluding hydrogens is 615 g/mol. The number of carboxylic acids is 1. The number of unbranched alkanes of at least 4 members (excludes halogenated alkanes) is 1. The molecule has 1 heterocycles. The largest absolute Gasteiger partial charge is 0.493 e. The molecule has 1 saturated heterocycles. The average molecular weight is 666 g/mol. The Morgan fingerprint density at radius 3 is 2.34 bits per heavy atom. The highest BCUT2D eigenvalue weighted by Crippen LogP contribution is 2.32.